The number of rotatable bonds is 5. The molecule has 1 aliphatic heterocycles. The summed E-state index contributed by atoms with van der Waals surface area (Å²) < 4.78 is 13.1. The van der Waals surface area contributed by atoms with Crippen LogP contribution in [0.4, 0.5) is 0 Å². The maximum absolute atomic E-state index is 13.7. The molecule has 4 aromatic rings. The SMILES string of the molecule is COc1ccc(-c2cc(C(=O)N3CCC(n4cccc4)CC3)c3ccccc3n2)cc1OC. The zero-order chi connectivity index (χ0) is 22.8. The van der Waals surface area contributed by atoms with Crippen LogP contribution >= 0.6 is 0 Å². The average Bonchev–Trinajstić information content (AvgIpc) is 3.42. The van der Waals surface area contributed by atoms with E-state index in [1.54, 1.807) is 14.2 Å². The zero-order valence-electron chi connectivity index (χ0n) is 18.9. The van der Waals surface area contributed by atoms with Crippen LogP contribution in [0.25, 0.3) is 22.2 Å². The fourth-order valence-electron chi connectivity index (χ4n) is 4.62. The molecule has 6 nitrogen and oxygen atoms in total. The topological polar surface area (TPSA) is 56.6 Å². The van der Waals surface area contributed by atoms with Gasteiger partial charge in [0.2, 0.25) is 0 Å². The van der Waals surface area contributed by atoms with E-state index in [4.69, 9.17) is 14.5 Å². The highest BCUT2D eigenvalue weighted by atomic mass is 16.5. The van der Waals surface area contributed by atoms with Gasteiger partial charge < -0.3 is 18.9 Å². The van der Waals surface area contributed by atoms with Gasteiger partial charge in [0.15, 0.2) is 11.5 Å². The number of likely N-dealkylation sites (tertiary alicyclic amines) is 1. The molecule has 0 saturated carbocycles. The number of methoxy groups -OCH3 is 2. The Morgan fingerprint density at radius 3 is 2.36 bits per heavy atom. The van der Waals surface area contributed by atoms with Crippen molar-refractivity contribution >= 4 is 16.8 Å². The molecule has 1 aliphatic rings. The van der Waals surface area contributed by atoms with Crippen molar-refractivity contribution in [1.29, 1.82) is 0 Å². The third-order valence-corrected chi connectivity index (χ3v) is 6.43. The largest absolute Gasteiger partial charge is 0.493 e. The van der Waals surface area contributed by atoms with E-state index >= 15 is 0 Å². The van der Waals surface area contributed by atoms with Gasteiger partial charge in [-0.25, -0.2) is 4.98 Å². The Morgan fingerprint density at radius 2 is 1.64 bits per heavy atom. The number of ether oxygens (including phenoxy) is 2. The summed E-state index contributed by atoms with van der Waals surface area (Å²) in [5.74, 6) is 1.34. The van der Waals surface area contributed by atoms with E-state index in [0.717, 1.165) is 48.1 Å². The lowest BCUT2D eigenvalue weighted by molar-refractivity contribution is 0.0696. The molecule has 0 bridgehead atoms. The molecule has 1 fully saturated rings. The van der Waals surface area contributed by atoms with Crippen LogP contribution in [0.5, 0.6) is 11.5 Å². The number of hydrogen-bond donors (Lipinski definition) is 0. The van der Waals surface area contributed by atoms with Crippen LogP contribution in [-0.2, 0) is 0 Å². The van der Waals surface area contributed by atoms with E-state index < -0.39 is 0 Å². The summed E-state index contributed by atoms with van der Waals surface area (Å²) >= 11 is 0. The van der Waals surface area contributed by atoms with E-state index in [0.29, 0.717) is 23.1 Å². The molecule has 1 saturated heterocycles. The van der Waals surface area contributed by atoms with E-state index in [1.165, 1.54) is 0 Å². The Hall–Kier alpha value is -3.80. The molecule has 2 aromatic carbocycles. The first kappa shape index (κ1) is 21.1. The van der Waals surface area contributed by atoms with Gasteiger partial charge in [0.05, 0.1) is 31.0 Å². The number of hydrogen-bond acceptors (Lipinski definition) is 4. The fraction of sp³-hybridized carbons (Fsp3) is 0.259. The van der Waals surface area contributed by atoms with Crippen molar-refractivity contribution in [2.75, 3.05) is 27.3 Å². The predicted octanol–water partition coefficient (Wildman–Crippen LogP) is 5.20. The average molecular weight is 442 g/mol. The second-order valence-electron chi connectivity index (χ2n) is 8.30. The third kappa shape index (κ3) is 4.04. The van der Waals surface area contributed by atoms with Gasteiger partial charge in [-0.3, -0.25) is 4.79 Å². The second kappa shape index (κ2) is 8.98. The van der Waals surface area contributed by atoms with Gasteiger partial charge in [-0.05, 0) is 55.3 Å². The van der Waals surface area contributed by atoms with Crippen molar-refractivity contribution in [3.8, 4) is 22.8 Å². The normalized spacial score (nSPS) is 14.4. The smallest absolute Gasteiger partial charge is 0.254 e. The first-order valence-corrected chi connectivity index (χ1v) is 11.2. The van der Waals surface area contributed by atoms with E-state index in [-0.39, 0.29) is 5.91 Å². The van der Waals surface area contributed by atoms with E-state index in [9.17, 15) is 4.79 Å². The van der Waals surface area contributed by atoms with Crippen LogP contribution in [0.1, 0.15) is 29.2 Å². The molecule has 0 N–H and O–H groups in total. The van der Waals surface area contributed by atoms with Crippen LogP contribution in [0.15, 0.2) is 73.1 Å². The molecule has 0 atom stereocenters. The summed E-state index contributed by atoms with van der Waals surface area (Å²) in [4.78, 5) is 20.5. The van der Waals surface area contributed by atoms with Crippen molar-refractivity contribution < 1.29 is 14.3 Å². The number of aromatic nitrogens is 2. The molecule has 0 radical (unpaired) electrons. The molecular formula is C27H27N3O3. The van der Waals surface area contributed by atoms with E-state index in [1.807, 2.05) is 53.4 Å². The lowest BCUT2D eigenvalue weighted by Gasteiger charge is -2.33. The quantitative estimate of drug-likeness (QED) is 0.427. The van der Waals surface area contributed by atoms with Crippen molar-refractivity contribution in [1.82, 2.24) is 14.5 Å². The summed E-state index contributed by atoms with van der Waals surface area (Å²) in [6, 6.07) is 20.0. The Labute approximate surface area is 193 Å². The van der Waals surface area contributed by atoms with Gasteiger partial charge in [-0.15, -0.1) is 0 Å². The number of pyridine rings is 1. The van der Waals surface area contributed by atoms with Crippen molar-refractivity contribution in [3.63, 3.8) is 0 Å². The summed E-state index contributed by atoms with van der Waals surface area (Å²) in [6.45, 7) is 1.48. The number of amides is 1. The third-order valence-electron chi connectivity index (χ3n) is 6.43. The lowest BCUT2D eigenvalue weighted by atomic mass is 10.0. The van der Waals surface area contributed by atoms with Gasteiger partial charge >= 0.3 is 0 Å². The summed E-state index contributed by atoms with van der Waals surface area (Å²) in [5.41, 5.74) is 3.10. The summed E-state index contributed by atoms with van der Waals surface area (Å²) in [5, 5.41) is 0.874. The summed E-state index contributed by atoms with van der Waals surface area (Å²) in [6.07, 6.45) is 6.11. The minimum absolute atomic E-state index is 0.0567. The molecule has 5 rings (SSSR count). The van der Waals surface area contributed by atoms with Crippen molar-refractivity contribution in [2.45, 2.75) is 18.9 Å². The highest BCUT2D eigenvalue weighted by molar-refractivity contribution is 6.07. The Morgan fingerprint density at radius 1 is 0.909 bits per heavy atom. The van der Waals surface area contributed by atoms with Crippen LogP contribution in [0.2, 0.25) is 0 Å². The number of benzene rings is 2. The molecule has 33 heavy (non-hydrogen) atoms. The lowest BCUT2D eigenvalue weighted by Crippen LogP contribution is -2.39. The second-order valence-corrected chi connectivity index (χ2v) is 8.30. The zero-order valence-corrected chi connectivity index (χ0v) is 18.9. The minimum Gasteiger partial charge on any atom is -0.493 e. The van der Waals surface area contributed by atoms with Gasteiger partial charge in [-0.1, -0.05) is 18.2 Å². The number of nitrogens with zero attached hydrogens (tertiary/aromatic N) is 3. The number of piperidine rings is 1. The number of para-hydroxylation sites is 1. The summed E-state index contributed by atoms with van der Waals surface area (Å²) in [7, 11) is 3.23. The molecule has 3 heterocycles. The van der Waals surface area contributed by atoms with Crippen LogP contribution < -0.4 is 9.47 Å². The number of fused-ring (bicyclic) bond motifs is 1. The van der Waals surface area contributed by atoms with Crippen LogP contribution in [0.3, 0.4) is 0 Å². The standard InChI is InChI=1S/C27H27N3O3/c1-32-25-10-9-19(17-26(25)33-2)24-18-22(21-7-3-4-8-23(21)28-24)27(31)30-15-11-20(12-16-30)29-13-5-6-14-29/h3-10,13-14,17-18,20H,11-12,15-16H2,1-2H3. The Kier molecular flexibility index (Phi) is 5.73. The van der Waals surface area contributed by atoms with Crippen molar-refractivity contribution in [2.24, 2.45) is 0 Å². The number of carbonyl (C=O) groups is 1. The monoisotopic (exact) mass is 441 g/mol. The fourth-order valence-corrected chi connectivity index (χ4v) is 4.62. The predicted molar refractivity (Wildman–Crippen MR) is 129 cm³/mol. The minimum atomic E-state index is 0.0567. The first-order chi connectivity index (χ1) is 16.2. The maximum atomic E-state index is 13.7. The van der Waals surface area contributed by atoms with Crippen molar-refractivity contribution in [3.05, 3.63) is 78.6 Å². The highest BCUT2D eigenvalue weighted by Gasteiger charge is 2.26. The number of carbonyl (C=O) groups excluding carboxylic acids is 1. The van der Waals surface area contributed by atoms with Gasteiger partial charge in [0.25, 0.3) is 5.91 Å². The van der Waals surface area contributed by atoms with Gasteiger partial charge in [0, 0.05) is 42.5 Å². The molecule has 0 unspecified atom stereocenters. The van der Waals surface area contributed by atoms with E-state index in [2.05, 4.69) is 29.1 Å². The molecule has 2 aromatic heterocycles. The Bertz CT molecular complexity index is 1280. The van der Waals surface area contributed by atoms with Crippen LogP contribution in [0, 0.1) is 0 Å². The molecule has 6 heteroatoms. The van der Waals surface area contributed by atoms with Gasteiger partial charge in [-0.2, -0.15) is 0 Å². The molecule has 1 amide bonds. The molecular weight excluding hydrogens is 414 g/mol. The van der Waals surface area contributed by atoms with Crippen LogP contribution in [-0.4, -0.2) is 47.7 Å². The first-order valence-electron chi connectivity index (χ1n) is 11.2. The molecule has 168 valence electrons. The molecule has 0 spiro atoms. The molecule has 0 aliphatic carbocycles. The Balaban J connectivity index is 1.48. The highest BCUT2D eigenvalue weighted by Crippen LogP contribution is 2.34. The van der Waals surface area contributed by atoms with Gasteiger partial charge in [0.1, 0.15) is 0 Å². The maximum Gasteiger partial charge on any atom is 0.254 e.